The summed E-state index contributed by atoms with van der Waals surface area (Å²) >= 11 is 0. The molecule has 0 unspecified atom stereocenters. The molecule has 0 aliphatic rings. The van der Waals surface area contributed by atoms with Gasteiger partial charge < -0.3 is 10.7 Å². The van der Waals surface area contributed by atoms with Crippen LogP contribution in [0.25, 0.3) is 0 Å². The van der Waals surface area contributed by atoms with E-state index in [0.29, 0.717) is 0 Å². The van der Waals surface area contributed by atoms with E-state index < -0.39 is 29.0 Å². The maximum Gasteiger partial charge on any atom is 0.265 e. The molecule has 4 nitrogen and oxygen atoms in total. The lowest BCUT2D eigenvalue weighted by molar-refractivity contribution is 0.0998. The number of aromatic amines is 1. The largest absolute Gasteiger partial charge is 0.365 e. The minimum atomic E-state index is -2.75. The molecule has 0 atom stereocenters. The molecular weight excluding hydrogens is 194 g/mol. The molecule has 14 heavy (non-hydrogen) atoms. The van der Waals surface area contributed by atoms with Gasteiger partial charge >= 0.3 is 0 Å². The fourth-order valence-corrected chi connectivity index (χ4v) is 1.05. The summed E-state index contributed by atoms with van der Waals surface area (Å²) < 4.78 is 24.7. The van der Waals surface area contributed by atoms with Crippen LogP contribution in [0.4, 0.5) is 8.78 Å². The van der Waals surface area contributed by atoms with Crippen molar-refractivity contribution in [3.8, 4) is 0 Å². The monoisotopic (exact) mass is 202 g/mol. The predicted molar refractivity (Wildman–Crippen MR) is 45.3 cm³/mol. The summed E-state index contributed by atoms with van der Waals surface area (Å²) in [4.78, 5) is 23.9. The van der Waals surface area contributed by atoms with Crippen LogP contribution in [0.15, 0.2) is 10.9 Å². The lowest BCUT2D eigenvalue weighted by Crippen LogP contribution is -2.24. The molecule has 0 aliphatic carbocycles. The number of carbonyl (C=O) groups is 1. The zero-order chi connectivity index (χ0) is 10.9. The highest BCUT2D eigenvalue weighted by atomic mass is 19.3. The lowest BCUT2D eigenvalue weighted by Gasteiger charge is -2.05. The minimum Gasteiger partial charge on any atom is -0.365 e. The van der Waals surface area contributed by atoms with Gasteiger partial charge in [0.05, 0.1) is 0 Å². The number of carbonyl (C=O) groups excluding carboxylic acids is 1. The summed E-state index contributed by atoms with van der Waals surface area (Å²) in [5.41, 5.74) is 3.27. The van der Waals surface area contributed by atoms with Crippen LogP contribution in [0.5, 0.6) is 0 Å². The normalized spacial score (nSPS) is 10.6. The Balaban J connectivity index is 3.42. The molecule has 1 rings (SSSR count). The van der Waals surface area contributed by atoms with Crippen molar-refractivity contribution in [2.24, 2.45) is 5.73 Å². The van der Waals surface area contributed by atoms with Crippen LogP contribution < -0.4 is 11.3 Å². The lowest BCUT2D eigenvalue weighted by atomic mass is 10.1. The number of aryl methyl sites for hydroxylation is 1. The van der Waals surface area contributed by atoms with E-state index in [2.05, 4.69) is 4.98 Å². The van der Waals surface area contributed by atoms with Crippen LogP contribution in [0.3, 0.4) is 0 Å². The maximum absolute atomic E-state index is 12.3. The number of nitrogens with one attached hydrogen (secondary N) is 1. The van der Waals surface area contributed by atoms with Crippen molar-refractivity contribution in [1.82, 2.24) is 4.98 Å². The Morgan fingerprint density at radius 3 is 2.57 bits per heavy atom. The van der Waals surface area contributed by atoms with E-state index in [9.17, 15) is 18.4 Å². The van der Waals surface area contributed by atoms with Crippen molar-refractivity contribution < 1.29 is 13.6 Å². The number of H-pyrrole nitrogens is 1. The van der Waals surface area contributed by atoms with E-state index >= 15 is 0 Å². The molecule has 0 bridgehead atoms. The van der Waals surface area contributed by atoms with Crippen LogP contribution in [-0.4, -0.2) is 10.9 Å². The molecule has 1 heterocycles. The smallest absolute Gasteiger partial charge is 0.265 e. The van der Waals surface area contributed by atoms with Gasteiger partial charge in [-0.15, -0.1) is 0 Å². The van der Waals surface area contributed by atoms with Gasteiger partial charge in [-0.25, -0.2) is 8.78 Å². The van der Waals surface area contributed by atoms with E-state index in [1.807, 2.05) is 0 Å². The zero-order valence-electron chi connectivity index (χ0n) is 7.30. The van der Waals surface area contributed by atoms with Crippen molar-refractivity contribution >= 4 is 5.91 Å². The van der Waals surface area contributed by atoms with Crippen molar-refractivity contribution in [3.05, 3.63) is 33.2 Å². The highest BCUT2D eigenvalue weighted by molar-refractivity contribution is 5.92. The molecule has 0 spiro atoms. The highest BCUT2D eigenvalue weighted by Gasteiger charge is 2.16. The van der Waals surface area contributed by atoms with Crippen molar-refractivity contribution in [2.75, 3.05) is 0 Å². The SMILES string of the molecule is Cc1[nH]c(=O)c(C(N)=O)cc1C(F)F. The first kappa shape index (κ1) is 10.4. The van der Waals surface area contributed by atoms with Gasteiger partial charge in [0.1, 0.15) is 5.56 Å². The summed E-state index contributed by atoms with van der Waals surface area (Å²) in [7, 11) is 0. The predicted octanol–water partition coefficient (Wildman–Crippen LogP) is 0.720. The Labute approximate surface area is 77.7 Å². The average Bonchev–Trinajstić information content (AvgIpc) is 2.02. The molecule has 0 saturated carbocycles. The maximum atomic E-state index is 12.3. The van der Waals surface area contributed by atoms with Gasteiger partial charge in [-0.2, -0.15) is 0 Å². The fourth-order valence-electron chi connectivity index (χ4n) is 1.05. The zero-order valence-corrected chi connectivity index (χ0v) is 7.30. The minimum absolute atomic E-state index is 0.0370. The molecule has 1 amide bonds. The quantitative estimate of drug-likeness (QED) is 0.741. The molecule has 0 saturated heterocycles. The van der Waals surface area contributed by atoms with E-state index in [4.69, 9.17) is 5.73 Å². The Morgan fingerprint density at radius 2 is 2.14 bits per heavy atom. The fraction of sp³-hybridized carbons (Fsp3) is 0.250. The Kier molecular flexibility index (Phi) is 2.64. The highest BCUT2D eigenvalue weighted by Crippen LogP contribution is 2.20. The van der Waals surface area contributed by atoms with Gasteiger partial charge in [0.25, 0.3) is 17.9 Å². The Bertz CT molecular complexity index is 426. The van der Waals surface area contributed by atoms with Crippen molar-refractivity contribution in [3.63, 3.8) is 0 Å². The van der Waals surface area contributed by atoms with Crippen LogP contribution in [-0.2, 0) is 0 Å². The second-order valence-corrected chi connectivity index (χ2v) is 2.76. The number of halogens is 2. The van der Waals surface area contributed by atoms with E-state index in [0.717, 1.165) is 6.07 Å². The summed E-state index contributed by atoms with van der Waals surface area (Å²) in [5, 5.41) is 0. The molecule has 0 aliphatic heterocycles. The molecule has 76 valence electrons. The third kappa shape index (κ3) is 1.78. The van der Waals surface area contributed by atoms with Crippen LogP contribution in [0.2, 0.25) is 0 Å². The number of primary amides is 1. The number of amides is 1. The second kappa shape index (κ2) is 3.57. The second-order valence-electron chi connectivity index (χ2n) is 2.76. The third-order valence-corrected chi connectivity index (χ3v) is 1.78. The first-order valence-corrected chi connectivity index (χ1v) is 3.75. The molecule has 0 fully saturated rings. The number of alkyl halides is 2. The van der Waals surface area contributed by atoms with Gasteiger partial charge in [0.2, 0.25) is 0 Å². The Hall–Kier alpha value is -1.72. The van der Waals surface area contributed by atoms with Crippen molar-refractivity contribution in [1.29, 1.82) is 0 Å². The van der Waals surface area contributed by atoms with E-state index in [-0.39, 0.29) is 5.69 Å². The molecule has 1 aromatic heterocycles. The first-order valence-electron chi connectivity index (χ1n) is 3.75. The molecule has 0 radical (unpaired) electrons. The molecule has 0 aromatic carbocycles. The Morgan fingerprint density at radius 1 is 1.57 bits per heavy atom. The average molecular weight is 202 g/mol. The number of hydrogen-bond donors (Lipinski definition) is 2. The third-order valence-electron chi connectivity index (χ3n) is 1.78. The summed E-state index contributed by atoms with van der Waals surface area (Å²) in [6, 6.07) is 0.821. The van der Waals surface area contributed by atoms with E-state index in [1.165, 1.54) is 6.92 Å². The van der Waals surface area contributed by atoms with E-state index in [1.54, 1.807) is 0 Å². The van der Waals surface area contributed by atoms with Crippen molar-refractivity contribution in [2.45, 2.75) is 13.3 Å². The summed E-state index contributed by atoms with van der Waals surface area (Å²) in [6.45, 7) is 1.33. The number of pyridine rings is 1. The molecule has 6 heteroatoms. The number of rotatable bonds is 2. The number of nitrogens with two attached hydrogens (primary N) is 1. The standard InChI is InChI=1S/C8H8F2N2O2/c1-3-4(6(9)10)2-5(7(11)13)8(14)12-3/h2,6H,1H3,(H2,11,13)(H,12,14). The molecular formula is C8H8F2N2O2. The molecule has 1 aromatic rings. The number of aromatic nitrogens is 1. The molecule has 3 N–H and O–H groups in total. The van der Waals surface area contributed by atoms with Gasteiger partial charge in [0, 0.05) is 11.3 Å². The van der Waals surface area contributed by atoms with Gasteiger partial charge in [-0.1, -0.05) is 0 Å². The van der Waals surface area contributed by atoms with Crippen LogP contribution >= 0.6 is 0 Å². The van der Waals surface area contributed by atoms with Gasteiger partial charge in [-0.3, -0.25) is 9.59 Å². The van der Waals surface area contributed by atoms with Gasteiger partial charge in [-0.05, 0) is 13.0 Å². The van der Waals surface area contributed by atoms with Crippen LogP contribution in [0, 0.1) is 6.92 Å². The first-order chi connectivity index (χ1) is 6.43. The van der Waals surface area contributed by atoms with Gasteiger partial charge in [0.15, 0.2) is 0 Å². The summed E-state index contributed by atoms with van der Waals surface area (Å²) in [6.07, 6.45) is -2.75. The van der Waals surface area contributed by atoms with Crippen LogP contribution in [0.1, 0.15) is 28.0 Å². The number of hydrogen-bond acceptors (Lipinski definition) is 2. The summed E-state index contributed by atoms with van der Waals surface area (Å²) in [5.74, 6) is -1.02. The topological polar surface area (TPSA) is 75.9 Å².